The van der Waals surface area contributed by atoms with E-state index in [0.29, 0.717) is 10.0 Å². The zero-order valence-electron chi connectivity index (χ0n) is 13.6. The van der Waals surface area contributed by atoms with Crippen LogP contribution in [0.25, 0.3) is 0 Å². The van der Waals surface area contributed by atoms with E-state index in [-0.39, 0.29) is 12.5 Å². The minimum Gasteiger partial charge on any atom is -0.452 e. The predicted octanol–water partition coefficient (Wildman–Crippen LogP) is 3.76. The monoisotopic (exact) mass is 390 g/mol. The number of rotatable bonds is 6. The number of halogens is 1. The zero-order valence-corrected chi connectivity index (χ0v) is 15.2. The molecule has 0 atom stereocenters. The molecule has 0 saturated carbocycles. The van der Waals surface area contributed by atoms with E-state index in [0.717, 1.165) is 29.7 Å². The second kappa shape index (κ2) is 8.59. The van der Waals surface area contributed by atoms with Crippen LogP contribution in [-0.4, -0.2) is 23.5 Å². The van der Waals surface area contributed by atoms with Crippen LogP contribution >= 0.6 is 15.9 Å². The van der Waals surface area contributed by atoms with Gasteiger partial charge in [-0.3, -0.25) is 9.78 Å². The van der Waals surface area contributed by atoms with Gasteiger partial charge in [0.25, 0.3) is 5.91 Å². The Bertz CT molecular complexity index is 725. The summed E-state index contributed by atoms with van der Waals surface area (Å²) >= 11 is 3.24. The molecule has 0 radical (unpaired) electrons. The van der Waals surface area contributed by atoms with Gasteiger partial charge in [-0.05, 0) is 46.0 Å². The van der Waals surface area contributed by atoms with Crippen LogP contribution < -0.4 is 5.32 Å². The SMILES string of the molecule is CCc1cccc(CC)c1NC(=O)COC(=O)c1cncc(Br)c1. The van der Waals surface area contributed by atoms with Crippen molar-refractivity contribution in [1.82, 2.24) is 4.98 Å². The van der Waals surface area contributed by atoms with E-state index in [1.165, 1.54) is 6.20 Å². The van der Waals surface area contributed by atoms with Crippen LogP contribution in [0.15, 0.2) is 41.1 Å². The minimum atomic E-state index is -0.585. The number of carbonyl (C=O) groups excluding carboxylic acids is 2. The number of hydrogen-bond donors (Lipinski definition) is 1. The molecule has 5 nitrogen and oxygen atoms in total. The largest absolute Gasteiger partial charge is 0.452 e. The Morgan fingerprint density at radius 1 is 1.17 bits per heavy atom. The maximum absolute atomic E-state index is 12.1. The lowest BCUT2D eigenvalue weighted by molar-refractivity contribution is -0.119. The average Bonchev–Trinajstić information content (AvgIpc) is 2.59. The van der Waals surface area contributed by atoms with Gasteiger partial charge in [-0.1, -0.05) is 32.0 Å². The van der Waals surface area contributed by atoms with Crippen LogP contribution in [0.5, 0.6) is 0 Å². The first-order valence-electron chi connectivity index (χ1n) is 7.73. The molecule has 1 aromatic heterocycles. The fourth-order valence-electron chi connectivity index (χ4n) is 2.32. The van der Waals surface area contributed by atoms with Crippen LogP contribution in [0, 0.1) is 0 Å². The van der Waals surface area contributed by atoms with Gasteiger partial charge in [-0.25, -0.2) is 4.79 Å². The second-order valence-electron chi connectivity index (χ2n) is 5.17. The number of aromatic nitrogens is 1. The maximum Gasteiger partial charge on any atom is 0.340 e. The highest BCUT2D eigenvalue weighted by molar-refractivity contribution is 9.10. The summed E-state index contributed by atoms with van der Waals surface area (Å²) in [4.78, 5) is 28.0. The van der Waals surface area contributed by atoms with Crippen molar-refractivity contribution < 1.29 is 14.3 Å². The van der Waals surface area contributed by atoms with E-state index >= 15 is 0 Å². The summed E-state index contributed by atoms with van der Waals surface area (Å²) in [5.41, 5.74) is 3.23. The molecule has 2 aromatic rings. The van der Waals surface area contributed by atoms with Crippen LogP contribution in [0.1, 0.15) is 35.3 Å². The number of ether oxygens (including phenoxy) is 1. The number of aryl methyl sites for hydroxylation is 2. The molecule has 0 aliphatic heterocycles. The highest BCUT2D eigenvalue weighted by Crippen LogP contribution is 2.22. The Labute approximate surface area is 149 Å². The lowest BCUT2D eigenvalue weighted by Crippen LogP contribution is -2.22. The lowest BCUT2D eigenvalue weighted by atomic mass is 10.0. The number of hydrogen-bond acceptors (Lipinski definition) is 4. The number of benzene rings is 1. The number of carbonyl (C=O) groups is 2. The van der Waals surface area contributed by atoms with E-state index in [2.05, 4.69) is 26.2 Å². The molecule has 0 bridgehead atoms. The van der Waals surface area contributed by atoms with Crippen molar-refractivity contribution in [2.24, 2.45) is 0 Å². The summed E-state index contributed by atoms with van der Waals surface area (Å²) in [5, 5.41) is 2.86. The average molecular weight is 391 g/mol. The van der Waals surface area contributed by atoms with Gasteiger partial charge in [-0.2, -0.15) is 0 Å². The molecule has 6 heteroatoms. The van der Waals surface area contributed by atoms with E-state index < -0.39 is 5.97 Å². The molecule has 24 heavy (non-hydrogen) atoms. The predicted molar refractivity (Wildman–Crippen MR) is 96.0 cm³/mol. The van der Waals surface area contributed by atoms with Crippen LogP contribution in [0.3, 0.4) is 0 Å². The number of esters is 1. The molecule has 0 aliphatic rings. The van der Waals surface area contributed by atoms with Crippen molar-refractivity contribution in [3.8, 4) is 0 Å². The second-order valence-corrected chi connectivity index (χ2v) is 6.09. The number of nitrogens with zero attached hydrogens (tertiary/aromatic N) is 1. The quantitative estimate of drug-likeness (QED) is 0.762. The highest BCUT2D eigenvalue weighted by Gasteiger charge is 2.13. The van der Waals surface area contributed by atoms with Crippen LogP contribution in [0.4, 0.5) is 5.69 Å². The molecule has 1 aromatic carbocycles. The summed E-state index contributed by atoms with van der Waals surface area (Å²) in [6, 6.07) is 7.53. The van der Waals surface area contributed by atoms with Gasteiger partial charge >= 0.3 is 5.97 Å². The van der Waals surface area contributed by atoms with Crippen LogP contribution in [0.2, 0.25) is 0 Å². The smallest absolute Gasteiger partial charge is 0.340 e. The molecule has 1 heterocycles. The van der Waals surface area contributed by atoms with E-state index in [1.54, 1.807) is 12.3 Å². The molecule has 1 N–H and O–H groups in total. The molecule has 0 aliphatic carbocycles. The van der Waals surface area contributed by atoms with Gasteiger partial charge in [0.15, 0.2) is 6.61 Å². The standard InChI is InChI=1S/C18H19BrN2O3/c1-3-12-6-5-7-13(4-2)17(12)21-16(22)11-24-18(23)14-8-15(19)10-20-9-14/h5-10H,3-4,11H2,1-2H3,(H,21,22). The third-order valence-corrected chi connectivity index (χ3v) is 3.97. The first-order valence-corrected chi connectivity index (χ1v) is 8.52. The van der Waals surface area contributed by atoms with Gasteiger partial charge in [0.1, 0.15) is 0 Å². The van der Waals surface area contributed by atoms with Gasteiger partial charge in [0.2, 0.25) is 0 Å². The third-order valence-electron chi connectivity index (χ3n) is 3.54. The normalized spacial score (nSPS) is 10.3. The number of nitrogens with one attached hydrogen (secondary N) is 1. The molecule has 126 valence electrons. The van der Waals surface area contributed by atoms with Crippen molar-refractivity contribution in [3.05, 3.63) is 57.8 Å². The zero-order chi connectivity index (χ0) is 17.5. The maximum atomic E-state index is 12.1. The Kier molecular flexibility index (Phi) is 6.49. The number of pyridine rings is 1. The molecule has 2 rings (SSSR count). The Hall–Kier alpha value is -2.21. The van der Waals surface area contributed by atoms with Crippen molar-refractivity contribution in [1.29, 1.82) is 0 Å². The highest BCUT2D eigenvalue weighted by atomic mass is 79.9. The van der Waals surface area contributed by atoms with Gasteiger partial charge in [0, 0.05) is 22.6 Å². The Morgan fingerprint density at radius 2 is 1.83 bits per heavy atom. The van der Waals surface area contributed by atoms with Crippen molar-refractivity contribution >= 4 is 33.5 Å². The lowest BCUT2D eigenvalue weighted by Gasteiger charge is -2.14. The molecule has 0 unspecified atom stereocenters. The van der Waals surface area contributed by atoms with E-state index in [9.17, 15) is 9.59 Å². The van der Waals surface area contributed by atoms with Gasteiger partial charge < -0.3 is 10.1 Å². The molecular weight excluding hydrogens is 372 g/mol. The minimum absolute atomic E-state index is 0.292. The Balaban J connectivity index is 2.00. The van der Waals surface area contributed by atoms with E-state index in [4.69, 9.17) is 4.74 Å². The first-order chi connectivity index (χ1) is 11.5. The van der Waals surface area contributed by atoms with Crippen molar-refractivity contribution in [2.75, 3.05) is 11.9 Å². The topological polar surface area (TPSA) is 68.3 Å². The van der Waals surface area contributed by atoms with Crippen molar-refractivity contribution in [2.45, 2.75) is 26.7 Å². The molecule has 0 saturated heterocycles. The molecule has 0 spiro atoms. The summed E-state index contributed by atoms with van der Waals surface area (Å²) < 4.78 is 5.72. The fraction of sp³-hybridized carbons (Fsp3) is 0.278. The molecular formula is C18H19BrN2O3. The number of anilines is 1. The van der Waals surface area contributed by atoms with Gasteiger partial charge in [0.05, 0.1) is 5.56 Å². The summed E-state index contributed by atoms with van der Waals surface area (Å²) in [6.07, 6.45) is 4.59. The summed E-state index contributed by atoms with van der Waals surface area (Å²) in [7, 11) is 0. The third kappa shape index (κ3) is 4.64. The summed E-state index contributed by atoms with van der Waals surface area (Å²) in [5.74, 6) is -0.944. The first kappa shape index (κ1) is 18.1. The van der Waals surface area contributed by atoms with Crippen LogP contribution in [-0.2, 0) is 22.4 Å². The summed E-state index contributed by atoms with van der Waals surface area (Å²) in [6.45, 7) is 3.72. The van der Waals surface area contributed by atoms with Crippen molar-refractivity contribution in [3.63, 3.8) is 0 Å². The van der Waals surface area contributed by atoms with E-state index in [1.807, 2.05) is 32.0 Å². The number of amides is 1. The Morgan fingerprint density at radius 3 is 2.42 bits per heavy atom. The number of para-hydroxylation sites is 1. The molecule has 0 fully saturated rings. The molecule has 1 amide bonds. The van der Waals surface area contributed by atoms with Gasteiger partial charge in [-0.15, -0.1) is 0 Å². The fourth-order valence-corrected chi connectivity index (χ4v) is 2.68.